The first-order valence-electron chi connectivity index (χ1n) is 6.72. The van der Waals surface area contributed by atoms with Crippen molar-refractivity contribution in [3.05, 3.63) is 34.9 Å². The van der Waals surface area contributed by atoms with Crippen molar-refractivity contribution in [1.29, 1.82) is 0 Å². The zero-order valence-corrected chi connectivity index (χ0v) is 11.6. The molecular formula is C15H18F3NO. The Bertz CT molecular complexity index is 502. The van der Waals surface area contributed by atoms with Crippen molar-refractivity contribution < 1.29 is 18.0 Å². The molecule has 1 amide bonds. The monoisotopic (exact) mass is 285 g/mol. The quantitative estimate of drug-likeness (QED) is 0.769. The average Bonchev–Trinajstić information content (AvgIpc) is 2.37. The molecule has 1 aliphatic heterocycles. The Balaban J connectivity index is 2.12. The smallest absolute Gasteiger partial charge is 0.343 e. The van der Waals surface area contributed by atoms with Gasteiger partial charge in [0.2, 0.25) is 5.91 Å². The molecule has 0 N–H and O–H groups in total. The Labute approximate surface area is 116 Å². The van der Waals surface area contributed by atoms with Gasteiger partial charge in [0.05, 0.1) is 5.56 Å². The van der Waals surface area contributed by atoms with E-state index in [0.29, 0.717) is 13.1 Å². The van der Waals surface area contributed by atoms with Crippen molar-refractivity contribution >= 4 is 5.91 Å². The van der Waals surface area contributed by atoms with Crippen molar-refractivity contribution in [2.24, 2.45) is 0 Å². The summed E-state index contributed by atoms with van der Waals surface area (Å²) >= 11 is 0. The molecule has 5 heteroatoms. The Morgan fingerprint density at radius 3 is 2.30 bits per heavy atom. The fourth-order valence-corrected chi connectivity index (χ4v) is 2.79. The van der Waals surface area contributed by atoms with Crippen molar-refractivity contribution in [2.75, 3.05) is 13.1 Å². The van der Waals surface area contributed by atoms with Gasteiger partial charge in [0.15, 0.2) is 0 Å². The van der Waals surface area contributed by atoms with E-state index in [9.17, 15) is 18.0 Å². The summed E-state index contributed by atoms with van der Waals surface area (Å²) in [5, 5.41) is 0. The minimum atomic E-state index is -4.29. The molecule has 1 fully saturated rings. The molecule has 0 atom stereocenters. The standard InChI is InChI=1S/C15H18F3NO/c1-10-9-13(3-4-14(10)15(16,17)18)12-5-7-19(8-6-12)11(2)20/h3-4,9,12H,5-8H2,1-2H3. The SMILES string of the molecule is CC(=O)N1CCC(c2ccc(C(F)(F)F)c(C)c2)CC1. The van der Waals surface area contributed by atoms with Crippen molar-refractivity contribution in [1.82, 2.24) is 4.90 Å². The van der Waals surface area contributed by atoms with Crippen LogP contribution in [0.4, 0.5) is 13.2 Å². The second-order valence-corrected chi connectivity index (χ2v) is 5.35. The fraction of sp³-hybridized carbons (Fsp3) is 0.533. The van der Waals surface area contributed by atoms with E-state index in [2.05, 4.69) is 0 Å². The molecule has 1 aromatic carbocycles. The highest BCUT2D eigenvalue weighted by molar-refractivity contribution is 5.73. The molecule has 0 bridgehead atoms. The summed E-state index contributed by atoms with van der Waals surface area (Å²) in [5.74, 6) is 0.304. The van der Waals surface area contributed by atoms with E-state index in [0.717, 1.165) is 18.4 Å². The van der Waals surface area contributed by atoms with Crippen LogP contribution in [0.5, 0.6) is 0 Å². The van der Waals surface area contributed by atoms with Crippen LogP contribution in [0.3, 0.4) is 0 Å². The van der Waals surface area contributed by atoms with Crippen LogP contribution >= 0.6 is 0 Å². The highest BCUT2D eigenvalue weighted by Crippen LogP contribution is 2.35. The lowest BCUT2D eigenvalue weighted by Crippen LogP contribution is -2.36. The number of amides is 1. The summed E-state index contributed by atoms with van der Waals surface area (Å²) < 4.78 is 38.2. The second-order valence-electron chi connectivity index (χ2n) is 5.35. The first-order valence-corrected chi connectivity index (χ1v) is 6.72. The Hall–Kier alpha value is -1.52. The van der Waals surface area contributed by atoms with Gasteiger partial charge in [-0.2, -0.15) is 13.2 Å². The summed E-state index contributed by atoms with van der Waals surface area (Å²) in [6.45, 7) is 4.40. The minimum Gasteiger partial charge on any atom is -0.343 e. The lowest BCUT2D eigenvalue weighted by atomic mass is 9.87. The van der Waals surface area contributed by atoms with Crippen LogP contribution < -0.4 is 0 Å². The van der Waals surface area contributed by atoms with E-state index in [4.69, 9.17) is 0 Å². The lowest BCUT2D eigenvalue weighted by molar-refractivity contribution is -0.138. The van der Waals surface area contributed by atoms with E-state index < -0.39 is 11.7 Å². The van der Waals surface area contributed by atoms with Crippen LogP contribution in [0.1, 0.15) is 42.4 Å². The number of halogens is 3. The van der Waals surface area contributed by atoms with E-state index in [-0.39, 0.29) is 17.4 Å². The number of nitrogens with zero attached hydrogens (tertiary/aromatic N) is 1. The number of piperidine rings is 1. The molecule has 0 aliphatic carbocycles. The van der Waals surface area contributed by atoms with E-state index in [1.54, 1.807) is 24.0 Å². The largest absolute Gasteiger partial charge is 0.416 e. The molecule has 2 nitrogen and oxygen atoms in total. The molecule has 1 saturated heterocycles. The summed E-state index contributed by atoms with van der Waals surface area (Å²) in [7, 11) is 0. The van der Waals surface area contributed by atoms with Crippen LogP contribution in [0.15, 0.2) is 18.2 Å². The van der Waals surface area contributed by atoms with Gasteiger partial charge in [-0.1, -0.05) is 12.1 Å². The van der Waals surface area contributed by atoms with E-state index >= 15 is 0 Å². The van der Waals surface area contributed by atoms with Crippen LogP contribution in [0, 0.1) is 6.92 Å². The number of aryl methyl sites for hydroxylation is 1. The third-order valence-electron chi connectivity index (χ3n) is 3.97. The molecule has 0 spiro atoms. The zero-order valence-electron chi connectivity index (χ0n) is 11.6. The van der Waals surface area contributed by atoms with Gasteiger partial charge in [0.1, 0.15) is 0 Å². The third kappa shape index (κ3) is 3.14. The Morgan fingerprint density at radius 2 is 1.85 bits per heavy atom. The number of rotatable bonds is 1. The Kier molecular flexibility index (Phi) is 4.06. The van der Waals surface area contributed by atoms with Gasteiger partial charge in [-0.3, -0.25) is 4.79 Å². The molecule has 2 rings (SSSR count). The maximum atomic E-state index is 12.7. The summed E-state index contributed by atoms with van der Waals surface area (Å²) in [5.41, 5.74) is 0.644. The van der Waals surface area contributed by atoms with Gasteiger partial charge in [-0.15, -0.1) is 0 Å². The number of hydrogen-bond donors (Lipinski definition) is 0. The van der Waals surface area contributed by atoms with Gasteiger partial charge in [-0.25, -0.2) is 0 Å². The van der Waals surface area contributed by atoms with Gasteiger partial charge in [0.25, 0.3) is 0 Å². The Morgan fingerprint density at radius 1 is 1.25 bits per heavy atom. The predicted molar refractivity (Wildman–Crippen MR) is 70.4 cm³/mol. The number of alkyl halides is 3. The molecule has 1 heterocycles. The van der Waals surface area contributed by atoms with Gasteiger partial charge >= 0.3 is 6.18 Å². The predicted octanol–water partition coefficient (Wildman–Crippen LogP) is 3.74. The highest BCUT2D eigenvalue weighted by Gasteiger charge is 2.32. The second kappa shape index (κ2) is 5.46. The summed E-state index contributed by atoms with van der Waals surface area (Å²) in [6, 6.07) is 4.38. The first kappa shape index (κ1) is 14.9. The average molecular weight is 285 g/mol. The topological polar surface area (TPSA) is 20.3 Å². The third-order valence-corrected chi connectivity index (χ3v) is 3.97. The molecule has 1 aromatic rings. The van der Waals surface area contributed by atoms with E-state index in [1.807, 2.05) is 0 Å². The number of carbonyl (C=O) groups is 1. The fourth-order valence-electron chi connectivity index (χ4n) is 2.79. The zero-order chi connectivity index (χ0) is 14.9. The van der Waals surface area contributed by atoms with Crippen LogP contribution in [-0.2, 0) is 11.0 Å². The van der Waals surface area contributed by atoms with Crippen molar-refractivity contribution in [2.45, 2.75) is 38.8 Å². The number of carbonyl (C=O) groups excluding carboxylic acids is 1. The number of benzene rings is 1. The van der Waals surface area contributed by atoms with Crippen molar-refractivity contribution in [3.8, 4) is 0 Å². The van der Waals surface area contributed by atoms with E-state index in [1.165, 1.54) is 13.0 Å². The van der Waals surface area contributed by atoms with Crippen LogP contribution in [0.25, 0.3) is 0 Å². The van der Waals surface area contributed by atoms with Gasteiger partial charge in [0, 0.05) is 20.0 Å². The maximum absolute atomic E-state index is 12.7. The van der Waals surface area contributed by atoms with Gasteiger partial charge < -0.3 is 4.90 Å². The first-order chi connectivity index (χ1) is 9.29. The highest BCUT2D eigenvalue weighted by atomic mass is 19.4. The molecule has 0 aromatic heterocycles. The summed E-state index contributed by atoms with van der Waals surface area (Å²) in [6.07, 6.45) is -2.67. The molecule has 1 aliphatic rings. The number of hydrogen-bond acceptors (Lipinski definition) is 1. The summed E-state index contributed by atoms with van der Waals surface area (Å²) in [4.78, 5) is 13.0. The normalized spacial score (nSPS) is 17.4. The molecule has 110 valence electrons. The lowest BCUT2D eigenvalue weighted by Gasteiger charge is -2.31. The minimum absolute atomic E-state index is 0.0621. The molecule has 0 saturated carbocycles. The van der Waals surface area contributed by atoms with Crippen molar-refractivity contribution in [3.63, 3.8) is 0 Å². The van der Waals surface area contributed by atoms with Gasteiger partial charge in [-0.05, 0) is 42.9 Å². The number of likely N-dealkylation sites (tertiary alicyclic amines) is 1. The van der Waals surface area contributed by atoms with Crippen LogP contribution in [-0.4, -0.2) is 23.9 Å². The molecule has 20 heavy (non-hydrogen) atoms. The molecular weight excluding hydrogens is 267 g/mol. The van der Waals surface area contributed by atoms with Crippen LogP contribution in [0.2, 0.25) is 0 Å². The molecule has 0 unspecified atom stereocenters. The molecule has 0 radical (unpaired) electrons. The maximum Gasteiger partial charge on any atom is 0.416 e.